The van der Waals surface area contributed by atoms with Gasteiger partial charge in [-0.1, -0.05) is 88.7 Å². The summed E-state index contributed by atoms with van der Waals surface area (Å²) in [5.41, 5.74) is 1.36. The van der Waals surface area contributed by atoms with Gasteiger partial charge in [0.05, 0.1) is 24.2 Å². The summed E-state index contributed by atoms with van der Waals surface area (Å²) < 4.78 is 23.0. The van der Waals surface area contributed by atoms with Crippen LogP contribution in [0.15, 0.2) is 60.7 Å². The molecular weight excluding hydrogens is 624 g/mol. The Labute approximate surface area is 281 Å². The number of cyclic esters (lactones) is 2. The highest BCUT2D eigenvalue weighted by Crippen LogP contribution is 2.45. The number of epoxide rings is 1. The molecule has 10 nitrogen and oxygen atoms in total. The molecule has 2 amide bonds. The third-order valence-corrected chi connectivity index (χ3v) is 8.55. The zero-order valence-electron chi connectivity index (χ0n) is 27.8. The van der Waals surface area contributed by atoms with Crippen molar-refractivity contribution >= 4 is 35.4 Å². The van der Waals surface area contributed by atoms with Crippen LogP contribution in [-0.2, 0) is 39.8 Å². The van der Waals surface area contributed by atoms with Crippen molar-refractivity contribution < 1.29 is 38.1 Å². The van der Waals surface area contributed by atoms with Gasteiger partial charge in [-0.2, -0.15) is 0 Å². The molecule has 0 bridgehead atoms. The van der Waals surface area contributed by atoms with E-state index < -0.39 is 47.9 Å². The second-order valence-electron chi connectivity index (χ2n) is 13.5. The van der Waals surface area contributed by atoms with Crippen molar-refractivity contribution in [3.63, 3.8) is 0 Å². The van der Waals surface area contributed by atoms with Crippen LogP contribution < -0.4 is 15.4 Å². The Morgan fingerprint density at radius 3 is 2.40 bits per heavy atom. The molecule has 11 heteroatoms. The minimum Gasteiger partial charge on any atom is -0.495 e. The lowest BCUT2D eigenvalue weighted by Gasteiger charge is -2.29. The van der Waals surface area contributed by atoms with Crippen LogP contribution in [0, 0.1) is 17.3 Å². The Hall–Kier alpha value is -3.89. The molecule has 1 fully saturated rings. The average molecular weight is 669 g/mol. The van der Waals surface area contributed by atoms with Crippen LogP contribution in [0.1, 0.15) is 64.7 Å². The summed E-state index contributed by atoms with van der Waals surface area (Å²) in [6.45, 7) is 9.29. The number of carbonyl (C=O) groups is 4. The zero-order chi connectivity index (χ0) is 34.3. The molecule has 0 spiro atoms. The number of hydrogen-bond acceptors (Lipinski definition) is 8. The minimum atomic E-state index is -1.16. The standard InChI is InChI=1S/C36H45ClN2O8/c1-21-20-38-33(41)26(18-23-15-16-28(44-6)25(37)17-23)39-30(40)14-10-13-27(22(2)31-32(47-31)24-11-8-7-9-12-24)45-35(43)29(46-34(21)42)19-36(3,4)5/h7-12,14-17,21-22,26-27,29,31-32H,13,18-20H2,1-6H3,(H,38,41)(H,39,40)/b14-10+/t21-,22+,26-,27+,29+,31?,32?/m1/s1. The van der Waals surface area contributed by atoms with Gasteiger partial charge in [0, 0.05) is 31.7 Å². The molecule has 2 heterocycles. The van der Waals surface area contributed by atoms with Gasteiger partial charge < -0.3 is 29.6 Å². The van der Waals surface area contributed by atoms with Crippen molar-refractivity contribution in [3.8, 4) is 5.75 Å². The second kappa shape index (κ2) is 15.8. The maximum absolute atomic E-state index is 13.6. The van der Waals surface area contributed by atoms with Gasteiger partial charge in [-0.05, 0) is 34.8 Å². The Bertz CT molecular complexity index is 1460. The number of benzene rings is 2. The molecule has 254 valence electrons. The number of rotatable bonds is 7. The van der Waals surface area contributed by atoms with Crippen molar-refractivity contribution in [1.82, 2.24) is 10.6 Å². The fourth-order valence-electron chi connectivity index (χ4n) is 5.50. The summed E-state index contributed by atoms with van der Waals surface area (Å²) in [4.78, 5) is 53.3. The van der Waals surface area contributed by atoms with Gasteiger partial charge in [0.1, 0.15) is 24.0 Å². The summed E-state index contributed by atoms with van der Waals surface area (Å²) in [7, 11) is 1.51. The van der Waals surface area contributed by atoms with E-state index in [9.17, 15) is 19.2 Å². The highest BCUT2D eigenvalue weighted by molar-refractivity contribution is 6.32. The lowest BCUT2D eigenvalue weighted by atomic mass is 9.89. The molecule has 2 aliphatic rings. The fourth-order valence-corrected chi connectivity index (χ4v) is 5.78. The largest absolute Gasteiger partial charge is 0.495 e. The van der Waals surface area contributed by atoms with Crippen LogP contribution >= 0.6 is 11.6 Å². The van der Waals surface area contributed by atoms with Gasteiger partial charge in [-0.25, -0.2) is 4.79 Å². The molecular formula is C36H45ClN2O8. The van der Waals surface area contributed by atoms with E-state index in [-0.39, 0.29) is 49.3 Å². The fraction of sp³-hybridized carbons (Fsp3) is 0.500. The highest BCUT2D eigenvalue weighted by atomic mass is 35.5. The monoisotopic (exact) mass is 668 g/mol. The molecule has 2 aliphatic heterocycles. The molecule has 0 radical (unpaired) electrons. The molecule has 47 heavy (non-hydrogen) atoms. The number of nitrogens with one attached hydrogen (secondary N) is 2. The third-order valence-electron chi connectivity index (χ3n) is 8.26. The molecule has 2 aromatic rings. The van der Waals surface area contributed by atoms with Gasteiger partial charge in [0.25, 0.3) is 0 Å². The number of carbonyl (C=O) groups excluding carboxylic acids is 4. The number of hydrogen-bond donors (Lipinski definition) is 2. The van der Waals surface area contributed by atoms with Crippen LogP contribution in [0.3, 0.4) is 0 Å². The maximum atomic E-state index is 13.6. The van der Waals surface area contributed by atoms with Crippen molar-refractivity contribution in [2.75, 3.05) is 13.7 Å². The minimum absolute atomic E-state index is 0.0694. The summed E-state index contributed by atoms with van der Waals surface area (Å²) in [5, 5.41) is 5.87. The first-order valence-corrected chi connectivity index (χ1v) is 16.3. The van der Waals surface area contributed by atoms with Crippen LogP contribution in [0.4, 0.5) is 0 Å². The molecule has 4 rings (SSSR count). The highest BCUT2D eigenvalue weighted by Gasteiger charge is 2.47. The van der Waals surface area contributed by atoms with E-state index in [0.29, 0.717) is 16.3 Å². The first-order valence-electron chi connectivity index (χ1n) is 15.9. The van der Waals surface area contributed by atoms with E-state index in [4.69, 9.17) is 30.5 Å². The molecule has 0 aliphatic carbocycles. The van der Waals surface area contributed by atoms with Crippen LogP contribution in [0.2, 0.25) is 5.02 Å². The summed E-state index contributed by atoms with van der Waals surface area (Å²) in [5.74, 6) is -2.85. The van der Waals surface area contributed by atoms with Crippen molar-refractivity contribution in [3.05, 3.63) is 76.8 Å². The molecule has 2 N–H and O–H groups in total. The number of amides is 2. The molecule has 0 aromatic heterocycles. The first kappa shape index (κ1) is 36.0. The molecule has 2 aromatic carbocycles. The smallest absolute Gasteiger partial charge is 0.347 e. The number of esters is 2. The van der Waals surface area contributed by atoms with E-state index in [2.05, 4.69) is 10.6 Å². The Kier molecular flexibility index (Phi) is 12.1. The topological polar surface area (TPSA) is 133 Å². The lowest BCUT2D eigenvalue weighted by molar-refractivity contribution is -0.177. The predicted molar refractivity (Wildman–Crippen MR) is 177 cm³/mol. The van der Waals surface area contributed by atoms with Gasteiger partial charge in [-0.3, -0.25) is 14.4 Å². The quantitative estimate of drug-likeness (QED) is 0.307. The average Bonchev–Trinajstić information content (AvgIpc) is 3.82. The van der Waals surface area contributed by atoms with Gasteiger partial charge in [0.15, 0.2) is 6.10 Å². The summed E-state index contributed by atoms with van der Waals surface area (Å²) >= 11 is 6.31. The van der Waals surface area contributed by atoms with Gasteiger partial charge in [0.2, 0.25) is 11.8 Å². The molecule has 1 saturated heterocycles. The maximum Gasteiger partial charge on any atom is 0.347 e. The van der Waals surface area contributed by atoms with Gasteiger partial charge >= 0.3 is 11.9 Å². The Morgan fingerprint density at radius 2 is 1.74 bits per heavy atom. The number of methoxy groups -OCH3 is 1. The molecule has 2 unspecified atom stereocenters. The predicted octanol–water partition coefficient (Wildman–Crippen LogP) is 5.12. The first-order chi connectivity index (χ1) is 22.3. The summed E-state index contributed by atoms with van der Waals surface area (Å²) in [6.07, 6.45) is 1.31. The van der Waals surface area contributed by atoms with E-state index in [0.717, 1.165) is 5.56 Å². The van der Waals surface area contributed by atoms with Crippen LogP contribution in [0.25, 0.3) is 0 Å². The SMILES string of the molecule is COc1ccc(C[C@H]2NC(=O)/C=C/C[C@@H]([C@H](C)C3OC3c3ccccc3)OC(=O)[C@H](CC(C)(C)C)OC(=O)[C@H](C)CNC2=O)cc1Cl. The van der Waals surface area contributed by atoms with Crippen molar-refractivity contribution in [1.29, 1.82) is 0 Å². The van der Waals surface area contributed by atoms with Gasteiger partial charge in [-0.15, -0.1) is 0 Å². The Balaban J connectivity index is 1.59. The van der Waals surface area contributed by atoms with E-state index >= 15 is 0 Å². The van der Waals surface area contributed by atoms with E-state index in [1.165, 1.54) is 13.2 Å². The van der Waals surface area contributed by atoms with E-state index in [1.54, 1.807) is 31.2 Å². The van der Waals surface area contributed by atoms with Crippen LogP contribution in [-0.4, -0.2) is 61.8 Å². The van der Waals surface area contributed by atoms with Crippen molar-refractivity contribution in [2.45, 2.75) is 84.3 Å². The molecule has 0 saturated carbocycles. The third kappa shape index (κ3) is 10.3. The van der Waals surface area contributed by atoms with Crippen molar-refractivity contribution in [2.24, 2.45) is 17.3 Å². The van der Waals surface area contributed by atoms with Crippen LogP contribution in [0.5, 0.6) is 5.75 Å². The number of halogens is 1. The molecule has 7 atom stereocenters. The number of ether oxygens (including phenoxy) is 4. The Morgan fingerprint density at radius 1 is 1.02 bits per heavy atom. The lowest BCUT2D eigenvalue weighted by Crippen LogP contribution is -2.49. The normalized spacial score (nSPS) is 27.5. The van der Waals surface area contributed by atoms with E-state index in [1.807, 2.05) is 58.0 Å². The zero-order valence-corrected chi connectivity index (χ0v) is 28.5. The second-order valence-corrected chi connectivity index (χ2v) is 13.9. The summed E-state index contributed by atoms with van der Waals surface area (Å²) in [6, 6.07) is 13.9.